The maximum atomic E-state index is 12.6. The summed E-state index contributed by atoms with van der Waals surface area (Å²) in [5.41, 5.74) is 2.17. The third kappa shape index (κ3) is 7.51. The van der Waals surface area contributed by atoms with E-state index >= 15 is 0 Å². The Morgan fingerprint density at radius 1 is 1.03 bits per heavy atom. The zero-order chi connectivity index (χ0) is 26.9. The molecule has 4 rings (SSSR count). The van der Waals surface area contributed by atoms with Gasteiger partial charge in [0, 0.05) is 5.69 Å². The van der Waals surface area contributed by atoms with Gasteiger partial charge in [0.15, 0.2) is 23.3 Å². The second-order valence-electron chi connectivity index (χ2n) is 7.87. The van der Waals surface area contributed by atoms with E-state index in [4.69, 9.17) is 14.2 Å². The minimum atomic E-state index is -0.279. The van der Waals surface area contributed by atoms with E-state index in [1.54, 1.807) is 24.3 Å². The number of hydrogen-bond donors (Lipinski definition) is 2. The first-order chi connectivity index (χ1) is 18.4. The van der Waals surface area contributed by atoms with E-state index in [0.29, 0.717) is 46.2 Å². The third-order valence-electron chi connectivity index (χ3n) is 5.06. The molecule has 8 nitrogen and oxygen atoms in total. The van der Waals surface area contributed by atoms with Crippen molar-refractivity contribution < 1.29 is 23.8 Å². The molecule has 0 aromatic heterocycles. The summed E-state index contributed by atoms with van der Waals surface area (Å²) >= 11 is 3.39. The van der Waals surface area contributed by atoms with E-state index in [9.17, 15) is 9.59 Å². The molecule has 196 valence electrons. The Morgan fingerprint density at radius 2 is 1.76 bits per heavy atom. The molecule has 10 heteroatoms. The molecule has 0 unspecified atom stereocenters. The van der Waals surface area contributed by atoms with Gasteiger partial charge >= 0.3 is 0 Å². The van der Waals surface area contributed by atoms with Gasteiger partial charge in [0.05, 0.1) is 27.4 Å². The Balaban J connectivity index is 1.47. The van der Waals surface area contributed by atoms with E-state index < -0.39 is 0 Å². The van der Waals surface area contributed by atoms with Crippen LogP contribution in [0.15, 0.2) is 76.6 Å². The fourth-order valence-corrected chi connectivity index (χ4v) is 5.09. The lowest BCUT2D eigenvalue weighted by Crippen LogP contribution is -2.20. The zero-order valence-electron chi connectivity index (χ0n) is 20.8. The number of halogens is 1. The van der Waals surface area contributed by atoms with Crippen molar-refractivity contribution in [3.63, 3.8) is 0 Å². The summed E-state index contributed by atoms with van der Waals surface area (Å²) in [5.74, 6) is 1.22. The summed E-state index contributed by atoms with van der Waals surface area (Å²) in [4.78, 5) is 30.0. The van der Waals surface area contributed by atoms with Crippen molar-refractivity contribution in [1.82, 2.24) is 5.32 Å². The average molecular weight is 644 g/mol. The van der Waals surface area contributed by atoms with Crippen LogP contribution in [-0.2, 0) is 9.59 Å². The fraction of sp³-hybridized carbons (Fsp3) is 0.179. The van der Waals surface area contributed by atoms with Gasteiger partial charge in [-0.2, -0.15) is 0 Å². The highest BCUT2D eigenvalue weighted by Crippen LogP contribution is 2.36. The van der Waals surface area contributed by atoms with Gasteiger partial charge in [-0.3, -0.25) is 9.59 Å². The molecule has 38 heavy (non-hydrogen) atoms. The largest absolute Gasteiger partial charge is 0.494 e. The standard InChI is InChI=1S/C28H26IN3O5S/c1-3-35-21-12-10-20(11-13-21)31-28-32-27(34)24(38-28)16-18-14-22(29)26(23(15-18)36-4-2)37-17-25(33)30-19-8-6-5-7-9-19/h5-16H,3-4,17H2,1-2H3,(H,30,33)(H,31,32,34)/b24-16+. The van der Waals surface area contributed by atoms with E-state index in [1.807, 2.05) is 62.4 Å². The van der Waals surface area contributed by atoms with Crippen molar-refractivity contribution in [3.8, 4) is 17.2 Å². The van der Waals surface area contributed by atoms with Crippen LogP contribution in [0.5, 0.6) is 17.2 Å². The predicted octanol–water partition coefficient (Wildman–Crippen LogP) is 6.00. The van der Waals surface area contributed by atoms with Crippen LogP contribution in [0.4, 0.5) is 11.4 Å². The van der Waals surface area contributed by atoms with E-state index in [1.165, 1.54) is 11.8 Å². The van der Waals surface area contributed by atoms with Crippen LogP contribution in [0.2, 0.25) is 0 Å². The maximum absolute atomic E-state index is 12.6. The molecule has 1 aliphatic rings. The topological polar surface area (TPSA) is 98.3 Å². The molecular weight excluding hydrogens is 617 g/mol. The van der Waals surface area contributed by atoms with Crippen molar-refractivity contribution in [1.29, 1.82) is 0 Å². The molecular formula is C28H26IN3O5S. The lowest BCUT2D eigenvalue weighted by Gasteiger charge is -2.15. The van der Waals surface area contributed by atoms with Gasteiger partial charge in [-0.15, -0.1) is 0 Å². The summed E-state index contributed by atoms with van der Waals surface area (Å²) < 4.78 is 17.8. The van der Waals surface area contributed by atoms with Crippen LogP contribution >= 0.6 is 34.4 Å². The summed E-state index contributed by atoms with van der Waals surface area (Å²) in [6.45, 7) is 4.63. The van der Waals surface area contributed by atoms with Gasteiger partial charge < -0.3 is 24.8 Å². The number of rotatable bonds is 10. The Hall–Kier alpha value is -3.51. The number of nitrogens with zero attached hydrogens (tertiary/aromatic N) is 1. The van der Waals surface area contributed by atoms with E-state index in [2.05, 4.69) is 38.2 Å². The van der Waals surface area contributed by atoms with Crippen LogP contribution in [0, 0.1) is 3.57 Å². The molecule has 0 spiro atoms. The van der Waals surface area contributed by atoms with Crippen LogP contribution in [0.1, 0.15) is 19.4 Å². The molecule has 3 aromatic rings. The van der Waals surface area contributed by atoms with Gasteiger partial charge in [0.1, 0.15) is 5.75 Å². The summed E-state index contributed by atoms with van der Waals surface area (Å²) in [5, 5.41) is 6.09. The van der Waals surface area contributed by atoms with E-state index in [0.717, 1.165) is 14.9 Å². The number of para-hydroxylation sites is 1. The van der Waals surface area contributed by atoms with Crippen molar-refractivity contribution in [2.24, 2.45) is 4.99 Å². The second kappa shape index (κ2) is 13.3. The van der Waals surface area contributed by atoms with Gasteiger partial charge in [0.25, 0.3) is 11.8 Å². The number of thioether (sulfide) groups is 1. The highest BCUT2D eigenvalue weighted by atomic mass is 127. The minimum absolute atomic E-state index is 0.172. The zero-order valence-corrected chi connectivity index (χ0v) is 23.8. The number of hydrogen-bond acceptors (Lipinski definition) is 7. The van der Waals surface area contributed by atoms with Gasteiger partial charge in [0.2, 0.25) is 0 Å². The molecule has 1 saturated heterocycles. The Morgan fingerprint density at radius 3 is 2.47 bits per heavy atom. The SMILES string of the molecule is CCOc1ccc(N=C2NC(=O)/C(=C\c3cc(I)c(OCC(=O)Nc4ccccc4)c(OCC)c3)S2)cc1. The molecule has 0 atom stereocenters. The Bertz CT molecular complexity index is 1360. The molecule has 2 amide bonds. The molecule has 2 N–H and O–H groups in total. The first-order valence-corrected chi connectivity index (χ1v) is 13.8. The molecule has 1 aliphatic heterocycles. The fourth-order valence-electron chi connectivity index (χ4n) is 3.46. The number of nitrogens with one attached hydrogen (secondary N) is 2. The molecule has 0 bridgehead atoms. The highest BCUT2D eigenvalue weighted by molar-refractivity contribution is 14.1. The summed E-state index contributed by atoms with van der Waals surface area (Å²) in [6, 6.07) is 20.2. The number of carbonyl (C=O) groups excluding carboxylic acids is 2. The van der Waals surface area contributed by atoms with Crippen LogP contribution in [-0.4, -0.2) is 36.8 Å². The summed E-state index contributed by atoms with van der Waals surface area (Å²) in [6.07, 6.45) is 1.78. The lowest BCUT2D eigenvalue weighted by molar-refractivity contribution is -0.118. The first-order valence-electron chi connectivity index (χ1n) is 11.9. The number of amides is 2. The third-order valence-corrected chi connectivity index (χ3v) is 6.78. The Labute approximate surface area is 239 Å². The monoisotopic (exact) mass is 643 g/mol. The van der Waals surface area contributed by atoms with Crippen LogP contribution in [0.25, 0.3) is 6.08 Å². The number of benzene rings is 3. The number of ether oxygens (including phenoxy) is 3. The minimum Gasteiger partial charge on any atom is -0.494 e. The maximum Gasteiger partial charge on any atom is 0.264 e. The number of aliphatic imine (C=N–C) groups is 1. The van der Waals surface area contributed by atoms with Crippen LogP contribution in [0.3, 0.4) is 0 Å². The predicted molar refractivity (Wildman–Crippen MR) is 159 cm³/mol. The van der Waals surface area contributed by atoms with Crippen molar-refractivity contribution >= 4 is 68.8 Å². The number of amidine groups is 1. The average Bonchev–Trinajstić information content (AvgIpc) is 3.23. The van der Waals surface area contributed by atoms with Crippen molar-refractivity contribution in [3.05, 3.63) is 80.8 Å². The van der Waals surface area contributed by atoms with Crippen molar-refractivity contribution in [2.75, 3.05) is 25.1 Å². The summed E-state index contributed by atoms with van der Waals surface area (Å²) in [7, 11) is 0. The quantitative estimate of drug-likeness (QED) is 0.208. The van der Waals surface area contributed by atoms with E-state index in [-0.39, 0.29) is 18.4 Å². The van der Waals surface area contributed by atoms with Gasteiger partial charge in [-0.25, -0.2) is 4.99 Å². The number of anilines is 1. The first kappa shape index (κ1) is 27.5. The van der Waals surface area contributed by atoms with Gasteiger partial charge in [-0.05, 0) is 108 Å². The number of carbonyl (C=O) groups is 2. The second-order valence-corrected chi connectivity index (χ2v) is 10.1. The highest BCUT2D eigenvalue weighted by Gasteiger charge is 2.24. The molecule has 0 radical (unpaired) electrons. The van der Waals surface area contributed by atoms with Crippen molar-refractivity contribution in [2.45, 2.75) is 13.8 Å². The normalized spacial score (nSPS) is 14.9. The molecule has 1 fully saturated rings. The smallest absolute Gasteiger partial charge is 0.264 e. The lowest BCUT2D eigenvalue weighted by atomic mass is 10.2. The molecule has 0 aliphatic carbocycles. The molecule has 0 saturated carbocycles. The van der Waals surface area contributed by atoms with Crippen LogP contribution < -0.4 is 24.8 Å². The molecule has 1 heterocycles. The Kier molecular flexibility index (Phi) is 9.66. The molecule has 3 aromatic carbocycles. The van der Waals surface area contributed by atoms with Gasteiger partial charge in [-0.1, -0.05) is 18.2 Å².